The zero-order chi connectivity index (χ0) is 37.6. The minimum absolute atomic E-state index is 0.0970. The van der Waals surface area contributed by atoms with Gasteiger partial charge < -0.3 is 40.9 Å². The second-order valence-electron chi connectivity index (χ2n) is 12.2. The van der Waals surface area contributed by atoms with E-state index < -0.39 is 70.3 Å². The predicted octanol–water partition coefficient (Wildman–Crippen LogP) is 4.38. The normalized spacial score (nSPS) is 13.6. The number of hydrogen-bond acceptors (Lipinski definition) is 14. The van der Waals surface area contributed by atoms with Gasteiger partial charge >= 0.3 is 24.1 Å². The topological polar surface area (TPSA) is 236 Å². The number of fused-ring (bicyclic) bond motifs is 3. The molecule has 0 radical (unpaired) electrons. The van der Waals surface area contributed by atoms with Crippen molar-refractivity contribution in [3.63, 3.8) is 0 Å². The summed E-state index contributed by atoms with van der Waals surface area (Å²) in [6.07, 6.45) is -1.21. The van der Waals surface area contributed by atoms with Crippen molar-refractivity contribution in [2.75, 3.05) is 18.9 Å². The Bertz CT molecular complexity index is 1950. The Morgan fingerprint density at radius 1 is 0.808 bits per heavy atom. The molecule has 0 aliphatic heterocycles. The maximum absolute atomic E-state index is 13.4. The number of carbonyl (C=O) groups excluding carboxylic acids is 4. The lowest BCUT2D eigenvalue weighted by Gasteiger charge is -2.29. The third-order valence-corrected chi connectivity index (χ3v) is 8.50. The summed E-state index contributed by atoms with van der Waals surface area (Å²) in [6, 6.07) is 23.1. The van der Waals surface area contributed by atoms with Crippen molar-refractivity contribution in [3.05, 3.63) is 118 Å². The fraction of sp³-hybridized carbons (Fsp3) is 0.243. The lowest BCUT2D eigenvalue weighted by Crippen LogP contribution is -2.61. The Balaban J connectivity index is 1.20. The number of nitro groups is 1. The molecule has 0 saturated heterocycles. The van der Waals surface area contributed by atoms with Crippen molar-refractivity contribution < 1.29 is 47.8 Å². The van der Waals surface area contributed by atoms with E-state index in [1.807, 2.05) is 48.5 Å². The molecule has 5 rings (SSSR count). The molecule has 1 aliphatic carbocycles. The highest BCUT2D eigenvalue weighted by molar-refractivity contribution is 6.05. The van der Waals surface area contributed by atoms with E-state index in [-0.39, 0.29) is 19.1 Å². The molecule has 0 bridgehead atoms. The summed E-state index contributed by atoms with van der Waals surface area (Å²) in [5, 5.41) is 11.4. The molecule has 0 saturated carbocycles. The second-order valence-corrected chi connectivity index (χ2v) is 12.2. The molecule has 6 N–H and O–H groups in total. The third kappa shape index (κ3) is 8.01. The highest BCUT2D eigenvalue weighted by atomic mass is 16.7. The molecule has 0 fully saturated rings. The van der Waals surface area contributed by atoms with Gasteiger partial charge in [0.05, 0.1) is 11.0 Å². The van der Waals surface area contributed by atoms with Gasteiger partial charge in [0, 0.05) is 17.7 Å². The number of hydrogen-bond donors (Lipinski definition) is 3. The van der Waals surface area contributed by atoms with Crippen LogP contribution in [0.2, 0.25) is 0 Å². The van der Waals surface area contributed by atoms with Crippen LogP contribution in [0.25, 0.3) is 11.1 Å². The summed E-state index contributed by atoms with van der Waals surface area (Å²) in [6.45, 7) is 1.98. The zero-order valence-electron chi connectivity index (χ0n) is 28.2. The highest BCUT2D eigenvalue weighted by Crippen LogP contribution is 2.44. The number of carbonyl (C=O) groups is 4. The van der Waals surface area contributed by atoms with Crippen molar-refractivity contribution in [3.8, 4) is 22.6 Å². The van der Waals surface area contributed by atoms with Gasteiger partial charge in [-0.1, -0.05) is 74.5 Å². The van der Waals surface area contributed by atoms with E-state index in [0.717, 1.165) is 40.5 Å². The molecule has 15 nitrogen and oxygen atoms in total. The Morgan fingerprint density at radius 2 is 1.40 bits per heavy atom. The molecule has 0 heterocycles. The van der Waals surface area contributed by atoms with Crippen molar-refractivity contribution in [2.45, 2.75) is 38.0 Å². The van der Waals surface area contributed by atoms with Gasteiger partial charge in [-0.25, -0.2) is 19.2 Å². The van der Waals surface area contributed by atoms with Gasteiger partial charge in [0.15, 0.2) is 11.5 Å². The SMILES string of the molecule is CC(C)C(N)(C(=O)OCC(N)C(=O)Oc1cc([N+](=O)[O-])ccc1OC(=O)OCc1ccc(N)cc1)C(=O)OCC1c2ccccc2-c2ccccc21. The monoisotopic (exact) mass is 712 g/mol. The van der Waals surface area contributed by atoms with Crippen LogP contribution < -0.4 is 26.7 Å². The van der Waals surface area contributed by atoms with Crippen LogP contribution in [-0.2, 0) is 35.2 Å². The van der Waals surface area contributed by atoms with Crippen LogP contribution in [0.5, 0.6) is 11.5 Å². The first kappa shape index (κ1) is 36.9. The van der Waals surface area contributed by atoms with Gasteiger partial charge in [-0.3, -0.25) is 10.1 Å². The first-order chi connectivity index (χ1) is 24.8. The van der Waals surface area contributed by atoms with E-state index in [9.17, 15) is 29.3 Å². The van der Waals surface area contributed by atoms with E-state index in [1.54, 1.807) is 24.3 Å². The first-order valence-electron chi connectivity index (χ1n) is 16.1. The maximum Gasteiger partial charge on any atom is 0.514 e. The Kier molecular flexibility index (Phi) is 11.2. The fourth-order valence-corrected chi connectivity index (χ4v) is 5.46. The Morgan fingerprint density at radius 3 is 2.00 bits per heavy atom. The molecule has 1 aliphatic rings. The third-order valence-electron chi connectivity index (χ3n) is 8.50. The second kappa shape index (κ2) is 15.7. The number of anilines is 1. The Hall–Kier alpha value is -6.32. The predicted molar refractivity (Wildman–Crippen MR) is 186 cm³/mol. The minimum Gasteiger partial charge on any atom is -0.463 e. The van der Waals surface area contributed by atoms with Crippen LogP contribution in [0.3, 0.4) is 0 Å². The molecule has 0 amide bonds. The molecule has 4 aromatic carbocycles. The number of ether oxygens (including phenoxy) is 5. The van der Waals surface area contributed by atoms with Crippen LogP contribution in [0.15, 0.2) is 91.0 Å². The largest absolute Gasteiger partial charge is 0.514 e. The molecule has 2 unspecified atom stereocenters. The van der Waals surface area contributed by atoms with Gasteiger partial charge in [0.25, 0.3) is 5.69 Å². The van der Waals surface area contributed by atoms with Crippen LogP contribution >= 0.6 is 0 Å². The summed E-state index contributed by atoms with van der Waals surface area (Å²) in [5.74, 6) is -5.50. The molecular weight excluding hydrogens is 676 g/mol. The van der Waals surface area contributed by atoms with Crippen molar-refractivity contribution >= 4 is 35.4 Å². The number of nitrogen functional groups attached to an aromatic ring is 1. The number of esters is 3. The number of non-ortho nitro benzene ring substituents is 1. The number of rotatable bonds is 13. The van der Waals surface area contributed by atoms with E-state index >= 15 is 0 Å². The number of nitrogens with two attached hydrogens (primary N) is 3. The quantitative estimate of drug-likeness (QED) is 0.0255. The molecule has 270 valence electrons. The van der Waals surface area contributed by atoms with E-state index in [4.69, 9.17) is 40.9 Å². The molecular formula is C37H36N4O11. The maximum atomic E-state index is 13.4. The first-order valence-corrected chi connectivity index (χ1v) is 16.1. The zero-order valence-corrected chi connectivity index (χ0v) is 28.2. The molecule has 0 aromatic heterocycles. The average Bonchev–Trinajstić information content (AvgIpc) is 3.45. The fourth-order valence-electron chi connectivity index (χ4n) is 5.46. The van der Waals surface area contributed by atoms with Gasteiger partial charge in [0.2, 0.25) is 5.54 Å². The minimum atomic E-state index is -2.27. The summed E-state index contributed by atoms with van der Waals surface area (Å²) in [5.41, 5.74) is 20.2. The summed E-state index contributed by atoms with van der Waals surface area (Å²) < 4.78 is 26.3. The van der Waals surface area contributed by atoms with Gasteiger partial charge in [0.1, 0.15) is 25.9 Å². The van der Waals surface area contributed by atoms with Crippen molar-refractivity contribution in [2.24, 2.45) is 17.4 Å². The summed E-state index contributed by atoms with van der Waals surface area (Å²) >= 11 is 0. The van der Waals surface area contributed by atoms with Crippen LogP contribution in [-0.4, -0.2) is 53.8 Å². The smallest absolute Gasteiger partial charge is 0.463 e. The van der Waals surface area contributed by atoms with Gasteiger partial charge in [-0.15, -0.1) is 0 Å². The van der Waals surface area contributed by atoms with E-state index in [2.05, 4.69) is 0 Å². The number of benzene rings is 4. The average molecular weight is 713 g/mol. The Labute approximate surface area is 297 Å². The number of nitrogens with zero attached hydrogens (tertiary/aromatic N) is 1. The van der Waals surface area contributed by atoms with Crippen LogP contribution in [0.4, 0.5) is 16.2 Å². The number of nitro benzene ring substituents is 1. The van der Waals surface area contributed by atoms with Crippen molar-refractivity contribution in [1.29, 1.82) is 0 Å². The summed E-state index contributed by atoms with van der Waals surface area (Å²) in [7, 11) is 0. The molecule has 15 heteroatoms. The molecule has 52 heavy (non-hydrogen) atoms. The molecule has 4 aromatic rings. The highest BCUT2D eigenvalue weighted by Gasteiger charge is 2.49. The molecule has 2 atom stereocenters. The van der Waals surface area contributed by atoms with Gasteiger partial charge in [-0.2, -0.15) is 0 Å². The standard InChI is InChI=1S/C37H36N4O11/c1-21(2)37(40,34(43)48-19-29-27-9-5-3-7-25(27)26-8-4-6-10-28(26)29)35(44)49-20-30(39)33(42)51-32-17-24(41(46)47)15-16-31(32)52-36(45)50-18-22-11-13-23(38)14-12-22/h3-17,21,29-30H,18-20,38-40H2,1-2H3. The molecule has 0 spiro atoms. The summed E-state index contributed by atoms with van der Waals surface area (Å²) in [4.78, 5) is 62.7. The van der Waals surface area contributed by atoms with Crippen molar-refractivity contribution in [1.82, 2.24) is 0 Å². The van der Waals surface area contributed by atoms with Gasteiger partial charge in [-0.05, 0) is 51.9 Å². The van der Waals surface area contributed by atoms with E-state index in [1.165, 1.54) is 13.8 Å². The lowest BCUT2D eigenvalue weighted by molar-refractivity contribution is -0.384. The van der Waals surface area contributed by atoms with E-state index in [0.29, 0.717) is 11.3 Å². The van der Waals surface area contributed by atoms with Crippen LogP contribution in [0, 0.1) is 16.0 Å². The van der Waals surface area contributed by atoms with Crippen LogP contribution in [0.1, 0.15) is 36.5 Å². The lowest BCUT2D eigenvalue weighted by atomic mass is 9.87.